The van der Waals surface area contributed by atoms with E-state index in [0.717, 1.165) is 24.8 Å². The minimum atomic E-state index is -0.463. The molecule has 1 aromatic rings. The first-order chi connectivity index (χ1) is 9.58. The number of carbonyl (C=O) groups is 1. The van der Waals surface area contributed by atoms with Crippen LogP contribution in [0, 0.1) is 6.92 Å². The third-order valence-corrected chi connectivity index (χ3v) is 3.06. The molecular weight excluding hydrogens is 252 g/mol. The number of nitrogens with two attached hydrogens (primary N) is 1. The van der Waals surface area contributed by atoms with Gasteiger partial charge in [-0.15, -0.1) is 0 Å². The molecule has 0 aliphatic carbocycles. The average Bonchev–Trinajstić information content (AvgIpc) is 2.44. The van der Waals surface area contributed by atoms with Gasteiger partial charge in [0.05, 0.1) is 18.3 Å². The van der Waals surface area contributed by atoms with Gasteiger partial charge in [-0.25, -0.2) is 0 Å². The number of ether oxygens (including phenoxy) is 1. The van der Waals surface area contributed by atoms with Gasteiger partial charge in [0.2, 0.25) is 5.91 Å². The van der Waals surface area contributed by atoms with Crippen molar-refractivity contribution in [2.45, 2.75) is 52.5 Å². The first-order valence-corrected chi connectivity index (χ1v) is 7.38. The van der Waals surface area contributed by atoms with E-state index in [4.69, 9.17) is 10.5 Å². The van der Waals surface area contributed by atoms with E-state index in [1.54, 1.807) is 0 Å². The van der Waals surface area contributed by atoms with Crippen molar-refractivity contribution < 1.29 is 9.53 Å². The summed E-state index contributed by atoms with van der Waals surface area (Å²) in [5, 5.41) is 2.87. The normalized spacial score (nSPS) is 12.0. The number of hydrogen-bond donors (Lipinski definition) is 2. The lowest BCUT2D eigenvalue weighted by molar-refractivity contribution is -0.117. The van der Waals surface area contributed by atoms with Crippen LogP contribution in [-0.2, 0) is 4.79 Å². The topological polar surface area (TPSA) is 64.4 Å². The van der Waals surface area contributed by atoms with Crippen molar-refractivity contribution in [1.82, 2.24) is 0 Å². The fraction of sp³-hybridized carbons (Fsp3) is 0.562. The van der Waals surface area contributed by atoms with Crippen LogP contribution in [-0.4, -0.2) is 18.6 Å². The van der Waals surface area contributed by atoms with E-state index in [1.165, 1.54) is 0 Å². The zero-order chi connectivity index (χ0) is 15.0. The summed E-state index contributed by atoms with van der Waals surface area (Å²) in [6, 6.07) is 5.29. The third kappa shape index (κ3) is 5.21. The summed E-state index contributed by atoms with van der Waals surface area (Å²) in [4.78, 5) is 12.0. The van der Waals surface area contributed by atoms with E-state index in [2.05, 4.69) is 19.2 Å². The molecule has 4 heteroatoms. The molecule has 0 radical (unpaired) electrons. The van der Waals surface area contributed by atoms with Crippen molar-refractivity contribution in [2.75, 3.05) is 11.9 Å². The maximum absolute atomic E-state index is 12.0. The number of unbranched alkanes of at least 4 members (excludes halogenated alkanes) is 1. The van der Waals surface area contributed by atoms with Gasteiger partial charge in [0.15, 0.2) is 0 Å². The first-order valence-electron chi connectivity index (χ1n) is 7.38. The Balaban J connectivity index is 2.72. The molecule has 0 unspecified atom stereocenters. The molecule has 0 fully saturated rings. The number of nitrogens with one attached hydrogen (secondary N) is 1. The molecule has 4 nitrogen and oxygen atoms in total. The van der Waals surface area contributed by atoms with Gasteiger partial charge >= 0.3 is 0 Å². The molecule has 112 valence electrons. The summed E-state index contributed by atoms with van der Waals surface area (Å²) < 4.78 is 5.67. The predicted molar refractivity (Wildman–Crippen MR) is 83.1 cm³/mol. The second kappa shape index (κ2) is 8.59. The lowest BCUT2D eigenvalue weighted by Crippen LogP contribution is -2.35. The Bertz CT molecular complexity index is 432. The van der Waals surface area contributed by atoms with E-state index in [0.29, 0.717) is 24.5 Å². The molecule has 1 atom stereocenters. The lowest BCUT2D eigenvalue weighted by atomic mass is 10.1. The van der Waals surface area contributed by atoms with Crippen LogP contribution in [0.15, 0.2) is 18.2 Å². The largest absolute Gasteiger partial charge is 0.491 e. The maximum atomic E-state index is 12.0. The number of carbonyl (C=O) groups excluding carboxylic acids is 1. The van der Waals surface area contributed by atoms with E-state index in [9.17, 15) is 4.79 Å². The average molecular weight is 278 g/mol. The zero-order valence-electron chi connectivity index (χ0n) is 12.7. The molecule has 1 amide bonds. The smallest absolute Gasteiger partial charge is 0.241 e. The number of benzene rings is 1. The molecule has 0 spiro atoms. The molecule has 0 aliphatic heterocycles. The maximum Gasteiger partial charge on any atom is 0.241 e. The summed E-state index contributed by atoms with van der Waals surface area (Å²) in [7, 11) is 0. The lowest BCUT2D eigenvalue weighted by Gasteiger charge is -2.15. The summed E-state index contributed by atoms with van der Waals surface area (Å²) >= 11 is 0. The summed E-state index contributed by atoms with van der Waals surface area (Å²) in [6.07, 6.45) is 3.63. The van der Waals surface area contributed by atoms with Gasteiger partial charge in [-0.05, 0) is 37.5 Å². The number of aryl methyl sites for hydroxylation is 1. The Hall–Kier alpha value is -1.55. The van der Waals surface area contributed by atoms with Gasteiger partial charge in [0.25, 0.3) is 0 Å². The molecule has 0 saturated heterocycles. The minimum Gasteiger partial charge on any atom is -0.491 e. The Morgan fingerprint density at radius 2 is 2.10 bits per heavy atom. The molecule has 1 rings (SSSR count). The van der Waals surface area contributed by atoms with Crippen molar-refractivity contribution in [3.8, 4) is 5.75 Å². The van der Waals surface area contributed by atoms with Gasteiger partial charge in [-0.2, -0.15) is 0 Å². The van der Waals surface area contributed by atoms with Crippen LogP contribution in [0.1, 0.15) is 45.1 Å². The predicted octanol–water partition coefficient (Wildman–Crippen LogP) is 3.24. The molecule has 20 heavy (non-hydrogen) atoms. The molecule has 0 bridgehead atoms. The van der Waals surface area contributed by atoms with E-state index < -0.39 is 6.04 Å². The molecule has 3 N–H and O–H groups in total. The molecular formula is C16H26N2O2. The summed E-state index contributed by atoms with van der Waals surface area (Å²) in [5.41, 5.74) is 7.68. The second-order valence-electron chi connectivity index (χ2n) is 5.09. The number of amides is 1. The van der Waals surface area contributed by atoms with E-state index in [-0.39, 0.29) is 5.91 Å². The highest BCUT2D eigenvalue weighted by molar-refractivity contribution is 5.95. The Morgan fingerprint density at radius 1 is 1.35 bits per heavy atom. The SMILES string of the molecule is CCCC[C@H](N)C(=O)Nc1ccc(C)cc1OCCC. The zero-order valence-corrected chi connectivity index (χ0v) is 12.7. The first kappa shape index (κ1) is 16.5. The Labute approximate surface area is 121 Å². The fourth-order valence-corrected chi connectivity index (χ4v) is 1.84. The van der Waals surface area contributed by atoms with Gasteiger partial charge in [0.1, 0.15) is 5.75 Å². The minimum absolute atomic E-state index is 0.149. The van der Waals surface area contributed by atoms with Crippen molar-refractivity contribution in [3.05, 3.63) is 23.8 Å². The number of rotatable bonds is 8. The Morgan fingerprint density at radius 3 is 2.75 bits per heavy atom. The molecule has 0 aliphatic rings. The van der Waals surface area contributed by atoms with Crippen LogP contribution in [0.2, 0.25) is 0 Å². The van der Waals surface area contributed by atoms with E-state index in [1.807, 2.05) is 25.1 Å². The summed E-state index contributed by atoms with van der Waals surface area (Å²) in [6.45, 7) is 6.77. The highest BCUT2D eigenvalue weighted by Crippen LogP contribution is 2.26. The summed E-state index contributed by atoms with van der Waals surface area (Å²) in [5.74, 6) is 0.562. The second-order valence-corrected chi connectivity index (χ2v) is 5.09. The van der Waals surface area contributed by atoms with Crippen molar-refractivity contribution in [2.24, 2.45) is 5.73 Å². The van der Waals surface area contributed by atoms with Crippen LogP contribution >= 0.6 is 0 Å². The third-order valence-electron chi connectivity index (χ3n) is 3.06. The van der Waals surface area contributed by atoms with Crippen molar-refractivity contribution in [1.29, 1.82) is 0 Å². The van der Waals surface area contributed by atoms with Crippen molar-refractivity contribution in [3.63, 3.8) is 0 Å². The van der Waals surface area contributed by atoms with Gasteiger partial charge in [0, 0.05) is 0 Å². The van der Waals surface area contributed by atoms with Crippen LogP contribution in [0.25, 0.3) is 0 Å². The van der Waals surface area contributed by atoms with E-state index >= 15 is 0 Å². The molecule has 1 aromatic carbocycles. The Kier molecular flexibility index (Phi) is 7.09. The quantitative estimate of drug-likeness (QED) is 0.767. The highest BCUT2D eigenvalue weighted by Gasteiger charge is 2.15. The van der Waals surface area contributed by atoms with Crippen molar-refractivity contribution >= 4 is 11.6 Å². The van der Waals surface area contributed by atoms with Crippen LogP contribution < -0.4 is 15.8 Å². The standard InChI is InChI=1S/C16H26N2O2/c1-4-6-7-13(17)16(19)18-14-9-8-12(3)11-15(14)20-10-5-2/h8-9,11,13H,4-7,10,17H2,1-3H3,(H,18,19)/t13-/m0/s1. The van der Waals surface area contributed by atoms with Crippen LogP contribution in [0.3, 0.4) is 0 Å². The van der Waals surface area contributed by atoms with Gasteiger partial charge < -0.3 is 15.8 Å². The highest BCUT2D eigenvalue weighted by atomic mass is 16.5. The molecule has 0 saturated carbocycles. The van der Waals surface area contributed by atoms with Crippen LogP contribution in [0.5, 0.6) is 5.75 Å². The van der Waals surface area contributed by atoms with Crippen LogP contribution in [0.4, 0.5) is 5.69 Å². The number of anilines is 1. The van der Waals surface area contributed by atoms with Gasteiger partial charge in [-0.3, -0.25) is 4.79 Å². The fourth-order valence-electron chi connectivity index (χ4n) is 1.84. The number of hydrogen-bond acceptors (Lipinski definition) is 3. The molecule has 0 aromatic heterocycles. The monoisotopic (exact) mass is 278 g/mol. The van der Waals surface area contributed by atoms with Gasteiger partial charge in [-0.1, -0.05) is 32.8 Å². The molecule has 0 heterocycles.